The lowest BCUT2D eigenvalue weighted by molar-refractivity contribution is 0.568. The summed E-state index contributed by atoms with van der Waals surface area (Å²) < 4.78 is 0. The van der Waals surface area contributed by atoms with Crippen LogP contribution in [0.2, 0.25) is 0 Å². The molecule has 1 aliphatic rings. The number of nitrogens with one attached hydrogen (secondary N) is 1. The predicted molar refractivity (Wildman–Crippen MR) is 102 cm³/mol. The number of hydrogen-bond acceptors (Lipinski definition) is 4. The van der Waals surface area contributed by atoms with Gasteiger partial charge in [0.05, 0.1) is 6.34 Å². The van der Waals surface area contributed by atoms with Crippen molar-refractivity contribution in [1.29, 1.82) is 0 Å². The molecule has 0 spiro atoms. The van der Waals surface area contributed by atoms with E-state index in [9.17, 15) is 0 Å². The maximum Gasteiger partial charge on any atom is 0.227 e. The van der Waals surface area contributed by atoms with Gasteiger partial charge in [-0.3, -0.25) is 4.99 Å². The van der Waals surface area contributed by atoms with E-state index in [-0.39, 0.29) is 0 Å². The van der Waals surface area contributed by atoms with Gasteiger partial charge in [-0.1, -0.05) is 35.4 Å². The molecule has 1 aromatic heterocycles. The summed E-state index contributed by atoms with van der Waals surface area (Å²) in [5.74, 6) is 1.61. The molecule has 24 heavy (non-hydrogen) atoms. The van der Waals surface area contributed by atoms with E-state index in [0.717, 1.165) is 24.9 Å². The number of anilines is 2. The molecule has 0 radical (unpaired) electrons. The molecule has 2 aromatic rings. The molecule has 0 bridgehead atoms. The summed E-state index contributed by atoms with van der Waals surface area (Å²) in [5, 5.41) is 3.00. The van der Waals surface area contributed by atoms with E-state index in [4.69, 9.17) is 0 Å². The summed E-state index contributed by atoms with van der Waals surface area (Å²) >= 11 is 0. The van der Waals surface area contributed by atoms with Crippen molar-refractivity contribution in [3.05, 3.63) is 47.7 Å². The second-order valence-corrected chi connectivity index (χ2v) is 5.98. The van der Waals surface area contributed by atoms with Crippen LogP contribution in [-0.4, -0.2) is 36.4 Å². The van der Waals surface area contributed by atoms with Crippen LogP contribution in [0.15, 0.2) is 41.5 Å². The lowest BCUT2D eigenvalue weighted by Crippen LogP contribution is -2.31. The van der Waals surface area contributed by atoms with Crippen LogP contribution in [0.1, 0.15) is 30.4 Å². The zero-order chi connectivity index (χ0) is 17.2. The molecule has 5 heteroatoms. The zero-order valence-electron chi connectivity index (χ0n) is 14.9. The summed E-state index contributed by atoms with van der Waals surface area (Å²) in [6, 6.07) is 10.3. The molecule has 1 saturated heterocycles. The molecule has 128 valence electrons. The highest BCUT2D eigenvalue weighted by molar-refractivity contribution is 5.73. The van der Waals surface area contributed by atoms with Crippen molar-refractivity contribution in [2.45, 2.75) is 33.1 Å². The monoisotopic (exact) mass is 325 g/mol. The largest absolute Gasteiger partial charge is 0.341 e. The van der Waals surface area contributed by atoms with Crippen molar-refractivity contribution in [1.82, 2.24) is 9.97 Å². The average molecular weight is 325 g/mol. The minimum absolute atomic E-state index is 0.793. The van der Waals surface area contributed by atoms with Gasteiger partial charge in [0.1, 0.15) is 5.82 Å². The van der Waals surface area contributed by atoms with Crippen LogP contribution in [0.5, 0.6) is 0 Å². The number of piperidine rings is 1. The Morgan fingerprint density at radius 3 is 2.21 bits per heavy atom. The van der Waals surface area contributed by atoms with E-state index in [1.165, 1.54) is 30.4 Å². The number of rotatable bonds is 3. The van der Waals surface area contributed by atoms with E-state index >= 15 is 0 Å². The second-order valence-electron chi connectivity index (χ2n) is 5.98. The Morgan fingerprint density at radius 2 is 1.62 bits per heavy atom. The third-order valence-corrected chi connectivity index (χ3v) is 3.84. The molecule has 1 N–H and O–H groups in total. The van der Waals surface area contributed by atoms with Crippen LogP contribution in [0.4, 0.5) is 11.8 Å². The topological polar surface area (TPSA) is 53.4 Å². The number of benzene rings is 1. The molecule has 0 atom stereocenters. The van der Waals surface area contributed by atoms with Crippen molar-refractivity contribution < 1.29 is 0 Å². The van der Waals surface area contributed by atoms with Crippen LogP contribution in [0, 0.1) is 13.8 Å². The van der Waals surface area contributed by atoms with Crippen LogP contribution < -0.4 is 10.2 Å². The van der Waals surface area contributed by atoms with Gasteiger partial charge in [0, 0.05) is 26.3 Å². The van der Waals surface area contributed by atoms with E-state index < -0.39 is 0 Å². The van der Waals surface area contributed by atoms with Gasteiger partial charge in [0.25, 0.3) is 0 Å². The van der Waals surface area contributed by atoms with Gasteiger partial charge < -0.3 is 10.2 Å². The first-order valence-corrected chi connectivity index (χ1v) is 8.47. The van der Waals surface area contributed by atoms with Gasteiger partial charge in [0.15, 0.2) is 0 Å². The van der Waals surface area contributed by atoms with Crippen molar-refractivity contribution in [3.63, 3.8) is 0 Å². The van der Waals surface area contributed by atoms with Gasteiger partial charge in [-0.05, 0) is 39.2 Å². The third kappa shape index (κ3) is 5.99. The van der Waals surface area contributed by atoms with Crippen LogP contribution in [0.3, 0.4) is 0 Å². The fourth-order valence-electron chi connectivity index (χ4n) is 2.44. The standard InChI is InChI=1S/C11H17N5.C8H10/c1-12-9-14-10-5-6-13-11(15-10)16-7-3-2-4-8-16;1-7-3-5-8(2)6-4-7/h5-6,9H,2-4,7-8H2,1H3,(H,12,13,14,15);3-6H,1-2H3. The molecule has 5 nitrogen and oxygen atoms in total. The first kappa shape index (κ1) is 17.9. The minimum Gasteiger partial charge on any atom is -0.341 e. The Balaban J connectivity index is 0.000000219. The van der Waals surface area contributed by atoms with Crippen LogP contribution >= 0.6 is 0 Å². The lowest BCUT2D eigenvalue weighted by atomic mass is 10.1. The predicted octanol–water partition coefficient (Wildman–Crippen LogP) is 3.84. The first-order valence-electron chi connectivity index (χ1n) is 8.47. The Bertz CT molecular complexity index is 609. The molecule has 0 aliphatic carbocycles. The highest BCUT2D eigenvalue weighted by atomic mass is 15.3. The number of nitrogens with zero attached hydrogens (tertiary/aromatic N) is 4. The molecule has 0 unspecified atom stereocenters. The Morgan fingerprint density at radius 1 is 1.00 bits per heavy atom. The number of hydrogen-bond donors (Lipinski definition) is 1. The van der Waals surface area contributed by atoms with Gasteiger partial charge in [-0.15, -0.1) is 0 Å². The molecule has 1 aliphatic heterocycles. The van der Waals surface area contributed by atoms with E-state index in [1.807, 2.05) is 6.07 Å². The molecule has 1 aromatic carbocycles. The number of aliphatic imine (C=N–C) groups is 1. The molecule has 0 saturated carbocycles. The van der Waals surface area contributed by atoms with E-state index in [2.05, 4.69) is 63.3 Å². The van der Waals surface area contributed by atoms with Crippen LogP contribution in [0.25, 0.3) is 0 Å². The second kappa shape index (κ2) is 9.65. The molecule has 0 amide bonds. The molecular weight excluding hydrogens is 298 g/mol. The fraction of sp³-hybridized carbons (Fsp3) is 0.421. The van der Waals surface area contributed by atoms with Crippen molar-refractivity contribution in [2.24, 2.45) is 4.99 Å². The summed E-state index contributed by atoms with van der Waals surface area (Å²) in [6.45, 7) is 6.32. The maximum atomic E-state index is 4.45. The Labute approximate surface area is 144 Å². The highest BCUT2D eigenvalue weighted by Gasteiger charge is 2.13. The normalized spacial score (nSPS) is 14.2. The Kier molecular flexibility index (Phi) is 7.21. The van der Waals surface area contributed by atoms with Gasteiger partial charge in [-0.2, -0.15) is 4.98 Å². The van der Waals surface area contributed by atoms with Gasteiger partial charge in [0.2, 0.25) is 5.95 Å². The van der Waals surface area contributed by atoms with Crippen LogP contribution in [-0.2, 0) is 0 Å². The summed E-state index contributed by atoms with van der Waals surface area (Å²) in [7, 11) is 1.72. The fourth-order valence-corrected chi connectivity index (χ4v) is 2.44. The number of aryl methyl sites for hydroxylation is 2. The molecule has 1 fully saturated rings. The van der Waals surface area contributed by atoms with Crippen molar-refractivity contribution in [2.75, 3.05) is 30.4 Å². The minimum atomic E-state index is 0.793. The summed E-state index contributed by atoms with van der Waals surface area (Å²) in [4.78, 5) is 14.8. The van der Waals surface area contributed by atoms with Gasteiger partial charge >= 0.3 is 0 Å². The third-order valence-electron chi connectivity index (χ3n) is 3.84. The molecular formula is C19H27N5. The zero-order valence-corrected chi connectivity index (χ0v) is 14.9. The quantitative estimate of drug-likeness (QED) is 0.688. The first-order chi connectivity index (χ1) is 11.7. The smallest absolute Gasteiger partial charge is 0.227 e. The Hall–Kier alpha value is -2.43. The molecule has 2 heterocycles. The van der Waals surface area contributed by atoms with Gasteiger partial charge in [-0.25, -0.2) is 4.98 Å². The van der Waals surface area contributed by atoms with Crippen molar-refractivity contribution >= 4 is 18.1 Å². The maximum absolute atomic E-state index is 4.45. The highest BCUT2D eigenvalue weighted by Crippen LogP contribution is 2.16. The SMILES string of the molecule is CN=CNc1ccnc(N2CCCCC2)n1.Cc1ccc(C)cc1. The van der Waals surface area contributed by atoms with Crippen molar-refractivity contribution in [3.8, 4) is 0 Å². The summed E-state index contributed by atoms with van der Waals surface area (Å²) in [6.07, 6.45) is 7.19. The van der Waals surface area contributed by atoms with E-state index in [1.54, 1.807) is 19.6 Å². The average Bonchev–Trinajstić information content (AvgIpc) is 2.64. The summed E-state index contributed by atoms with van der Waals surface area (Å²) in [5.41, 5.74) is 2.66. The number of aromatic nitrogens is 2. The van der Waals surface area contributed by atoms with E-state index in [0.29, 0.717) is 0 Å². The lowest BCUT2D eigenvalue weighted by Gasteiger charge is -2.26. The molecule has 3 rings (SSSR count).